The molecule has 0 aliphatic carbocycles. The van der Waals surface area contributed by atoms with Crippen LogP contribution in [-0.4, -0.2) is 29.9 Å². The Labute approximate surface area is 115 Å². The lowest BCUT2D eigenvalue weighted by Crippen LogP contribution is -2.46. The molecule has 0 spiro atoms. The van der Waals surface area contributed by atoms with E-state index in [1.165, 1.54) is 0 Å². The number of nitrogens with one attached hydrogen (secondary N) is 1. The SMILES string of the molecule is CCCc1ccc(CN2CCCC(NC(C)=O)C2)o1. The molecule has 1 amide bonds. The topological polar surface area (TPSA) is 45.5 Å². The molecule has 19 heavy (non-hydrogen) atoms. The Morgan fingerprint density at radius 3 is 3.00 bits per heavy atom. The van der Waals surface area contributed by atoms with Crippen molar-refractivity contribution in [1.82, 2.24) is 10.2 Å². The zero-order valence-electron chi connectivity index (χ0n) is 11.9. The summed E-state index contributed by atoms with van der Waals surface area (Å²) in [5.74, 6) is 2.18. The maximum Gasteiger partial charge on any atom is 0.217 e. The summed E-state index contributed by atoms with van der Waals surface area (Å²) in [6, 6.07) is 4.44. The van der Waals surface area contributed by atoms with Crippen LogP contribution in [-0.2, 0) is 17.8 Å². The molecule has 1 fully saturated rings. The Morgan fingerprint density at radius 2 is 2.26 bits per heavy atom. The number of hydrogen-bond donors (Lipinski definition) is 1. The number of hydrogen-bond acceptors (Lipinski definition) is 3. The molecule has 0 radical (unpaired) electrons. The zero-order valence-corrected chi connectivity index (χ0v) is 11.9. The maximum absolute atomic E-state index is 11.1. The molecule has 106 valence electrons. The summed E-state index contributed by atoms with van der Waals surface area (Å²) in [5, 5.41) is 3.01. The van der Waals surface area contributed by atoms with Gasteiger partial charge in [0, 0.05) is 25.9 Å². The molecule has 0 aromatic carbocycles. The van der Waals surface area contributed by atoms with Gasteiger partial charge in [-0.25, -0.2) is 0 Å². The summed E-state index contributed by atoms with van der Waals surface area (Å²) < 4.78 is 5.81. The van der Waals surface area contributed by atoms with E-state index in [1.807, 2.05) is 0 Å². The molecule has 1 aliphatic heterocycles. The van der Waals surface area contributed by atoms with E-state index in [0.29, 0.717) is 0 Å². The van der Waals surface area contributed by atoms with E-state index in [4.69, 9.17) is 4.42 Å². The van der Waals surface area contributed by atoms with Crippen molar-refractivity contribution in [2.75, 3.05) is 13.1 Å². The average molecular weight is 264 g/mol. The normalized spacial score (nSPS) is 20.4. The molecule has 1 aliphatic rings. The van der Waals surface area contributed by atoms with Crippen molar-refractivity contribution >= 4 is 5.91 Å². The third kappa shape index (κ3) is 4.39. The molecule has 1 saturated heterocycles. The highest BCUT2D eigenvalue weighted by Crippen LogP contribution is 2.16. The van der Waals surface area contributed by atoms with Gasteiger partial charge in [-0.15, -0.1) is 0 Å². The monoisotopic (exact) mass is 264 g/mol. The van der Waals surface area contributed by atoms with E-state index in [-0.39, 0.29) is 11.9 Å². The van der Waals surface area contributed by atoms with Crippen LogP contribution in [0.15, 0.2) is 16.5 Å². The summed E-state index contributed by atoms with van der Waals surface area (Å²) in [5.41, 5.74) is 0. The van der Waals surface area contributed by atoms with E-state index in [1.54, 1.807) is 6.92 Å². The fourth-order valence-corrected chi connectivity index (χ4v) is 2.71. The molecular formula is C15H24N2O2. The Bertz CT molecular complexity index is 414. The van der Waals surface area contributed by atoms with Crippen LogP contribution in [0.5, 0.6) is 0 Å². The summed E-state index contributed by atoms with van der Waals surface area (Å²) in [4.78, 5) is 13.5. The van der Waals surface area contributed by atoms with Crippen molar-refractivity contribution in [2.45, 2.75) is 52.1 Å². The molecule has 2 heterocycles. The fraction of sp³-hybridized carbons (Fsp3) is 0.667. The van der Waals surface area contributed by atoms with Gasteiger partial charge in [0.2, 0.25) is 5.91 Å². The highest BCUT2D eigenvalue weighted by atomic mass is 16.3. The summed E-state index contributed by atoms with van der Waals surface area (Å²) in [6.07, 6.45) is 4.33. The highest BCUT2D eigenvalue weighted by molar-refractivity contribution is 5.73. The average Bonchev–Trinajstić information content (AvgIpc) is 2.76. The summed E-state index contributed by atoms with van der Waals surface area (Å²) in [6.45, 7) is 6.59. The zero-order chi connectivity index (χ0) is 13.7. The Kier molecular flexibility index (Phi) is 5.02. The molecule has 4 nitrogen and oxygen atoms in total. The second-order valence-electron chi connectivity index (χ2n) is 5.39. The number of furan rings is 1. The van der Waals surface area contributed by atoms with Gasteiger partial charge in [-0.05, 0) is 37.9 Å². The van der Waals surface area contributed by atoms with Crippen LogP contribution in [0.25, 0.3) is 0 Å². The predicted molar refractivity (Wildman–Crippen MR) is 74.8 cm³/mol. The second-order valence-corrected chi connectivity index (χ2v) is 5.39. The van der Waals surface area contributed by atoms with Gasteiger partial charge in [0.15, 0.2) is 0 Å². The Hall–Kier alpha value is -1.29. The van der Waals surface area contributed by atoms with E-state index >= 15 is 0 Å². The first kappa shape index (κ1) is 14.1. The van der Waals surface area contributed by atoms with Gasteiger partial charge >= 0.3 is 0 Å². The minimum Gasteiger partial charge on any atom is -0.465 e. The molecule has 1 aromatic heterocycles. The van der Waals surface area contributed by atoms with E-state index in [2.05, 4.69) is 29.3 Å². The molecule has 1 aromatic rings. The van der Waals surface area contributed by atoms with Gasteiger partial charge in [-0.1, -0.05) is 6.92 Å². The first-order valence-electron chi connectivity index (χ1n) is 7.24. The lowest BCUT2D eigenvalue weighted by atomic mass is 10.1. The first-order chi connectivity index (χ1) is 9.17. The highest BCUT2D eigenvalue weighted by Gasteiger charge is 2.21. The van der Waals surface area contributed by atoms with Crippen molar-refractivity contribution in [1.29, 1.82) is 0 Å². The van der Waals surface area contributed by atoms with E-state index < -0.39 is 0 Å². The fourth-order valence-electron chi connectivity index (χ4n) is 2.71. The number of likely N-dealkylation sites (tertiary alicyclic amines) is 1. The van der Waals surface area contributed by atoms with Crippen molar-refractivity contribution in [3.05, 3.63) is 23.7 Å². The number of nitrogens with zero attached hydrogens (tertiary/aromatic N) is 1. The van der Waals surface area contributed by atoms with Gasteiger partial charge in [0.05, 0.1) is 6.54 Å². The third-order valence-corrected chi connectivity index (χ3v) is 3.51. The molecule has 0 bridgehead atoms. The van der Waals surface area contributed by atoms with Gasteiger partial charge < -0.3 is 9.73 Å². The first-order valence-corrected chi connectivity index (χ1v) is 7.24. The van der Waals surface area contributed by atoms with Crippen LogP contribution in [0.1, 0.15) is 44.6 Å². The number of carbonyl (C=O) groups excluding carboxylic acids is 1. The largest absolute Gasteiger partial charge is 0.465 e. The minimum atomic E-state index is 0.0649. The second kappa shape index (κ2) is 6.75. The predicted octanol–water partition coefficient (Wildman–Crippen LogP) is 2.33. The minimum absolute atomic E-state index is 0.0649. The maximum atomic E-state index is 11.1. The molecule has 0 saturated carbocycles. The standard InChI is InChI=1S/C15H24N2O2/c1-3-5-14-7-8-15(19-14)11-17-9-4-6-13(10-17)16-12(2)18/h7-8,13H,3-6,9-11H2,1-2H3,(H,16,18). The number of carbonyl (C=O) groups is 1. The van der Waals surface area contributed by atoms with Gasteiger partial charge in [-0.2, -0.15) is 0 Å². The van der Waals surface area contributed by atoms with Crippen LogP contribution in [0.4, 0.5) is 0 Å². The van der Waals surface area contributed by atoms with Crippen molar-refractivity contribution < 1.29 is 9.21 Å². The summed E-state index contributed by atoms with van der Waals surface area (Å²) in [7, 11) is 0. The Balaban J connectivity index is 1.85. The van der Waals surface area contributed by atoms with E-state index in [9.17, 15) is 4.79 Å². The molecule has 1 unspecified atom stereocenters. The van der Waals surface area contributed by atoms with Gasteiger partial charge in [0.25, 0.3) is 0 Å². The van der Waals surface area contributed by atoms with Gasteiger partial charge in [0.1, 0.15) is 11.5 Å². The third-order valence-electron chi connectivity index (χ3n) is 3.51. The van der Waals surface area contributed by atoms with Crippen molar-refractivity contribution in [3.63, 3.8) is 0 Å². The van der Waals surface area contributed by atoms with Crippen molar-refractivity contribution in [3.8, 4) is 0 Å². The summed E-state index contributed by atoms with van der Waals surface area (Å²) >= 11 is 0. The lowest BCUT2D eigenvalue weighted by Gasteiger charge is -2.32. The number of aryl methyl sites for hydroxylation is 1. The van der Waals surface area contributed by atoms with Crippen molar-refractivity contribution in [2.24, 2.45) is 0 Å². The Morgan fingerprint density at radius 1 is 1.47 bits per heavy atom. The number of rotatable bonds is 5. The number of piperidine rings is 1. The quantitative estimate of drug-likeness (QED) is 0.888. The van der Waals surface area contributed by atoms with Crippen LogP contribution < -0.4 is 5.32 Å². The number of amides is 1. The smallest absolute Gasteiger partial charge is 0.217 e. The van der Waals surface area contributed by atoms with Gasteiger partial charge in [-0.3, -0.25) is 9.69 Å². The molecule has 1 N–H and O–H groups in total. The van der Waals surface area contributed by atoms with Crippen LogP contribution in [0.3, 0.4) is 0 Å². The van der Waals surface area contributed by atoms with E-state index in [0.717, 1.165) is 56.8 Å². The molecule has 4 heteroatoms. The molecule has 2 rings (SSSR count). The van der Waals surface area contributed by atoms with Crippen LogP contribution >= 0.6 is 0 Å². The van der Waals surface area contributed by atoms with Crippen LogP contribution in [0.2, 0.25) is 0 Å². The molecular weight excluding hydrogens is 240 g/mol. The molecule has 1 atom stereocenters. The lowest BCUT2D eigenvalue weighted by molar-refractivity contribution is -0.120. The van der Waals surface area contributed by atoms with Crippen LogP contribution in [0, 0.1) is 0 Å².